The molecule has 1 fully saturated rings. The molecule has 2 aliphatic heterocycles. The van der Waals surface area contributed by atoms with Crippen molar-refractivity contribution in [2.24, 2.45) is 0 Å². The molecular formula is C30H33N3O6S. The van der Waals surface area contributed by atoms with Crippen molar-refractivity contribution in [1.29, 1.82) is 0 Å². The first-order chi connectivity index (χ1) is 18.8. The van der Waals surface area contributed by atoms with E-state index in [1.165, 1.54) is 6.07 Å². The highest BCUT2D eigenvalue weighted by Gasteiger charge is 2.60. The maximum absolute atomic E-state index is 13.7. The van der Waals surface area contributed by atoms with Gasteiger partial charge < -0.3 is 20.5 Å². The quantitative estimate of drug-likeness (QED) is 0.403. The molecule has 2 heterocycles. The van der Waals surface area contributed by atoms with Crippen LogP contribution in [0.5, 0.6) is 0 Å². The molecule has 3 N–H and O–H groups in total. The predicted octanol–water partition coefficient (Wildman–Crippen LogP) is 4.90. The molecule has 0 unspecified atom stereocenters. The molecule has 2 aliphatic rings. The summed E-state index contributed by atoms with van der Waals surface area (Å²) >= 11 is 0. The SMILES string of the molecule is CC(C)(C)OC(=O)N1CC[C@@]2(C(=O)Nc3ccccc32)[C@@H]1c1cccc(Nc2ccc(CO)c(S(C)(=O)=O)c2)c1. The van der Waals surface area contributed by atoms with Crippen molar-refractivity contribution in [2.75, 3.05) is 23.4 Å². The average molecular weight is 564 g/mol. The number of hydrogen-bond donors (Lipinski definition) is 3. The molecule has 1 spiro atoms. The number of likely N-dealkylation sites (tertiary alicyclic amines) is 1. The standard InChI is InChI=1S/C30H33N3O6S/c1-29(2,3)39-28(36)33-15-14-30(23-10-5-6-11-24(23)32-27(30)35)26(33)19-8-7-9-21(16-19)31-22-13-12-20(18-34)25(17-22)40(4,37)38/h5-13,16-17,26,31,34H,14-15,18H2,1-4H3,(H,32,35)/t26-,30-/m0/s1. The number of rotatable bonds is 5. The Balaban J connectivity index is 1.58. The van der Waals surface area contributed by atoms with Crippen LogP contribution in [0.15, 0.2) is 71.6 Å². The second-order valence-electron chi connectivity index (χ2n) is 11.3. The van der Waals surface area contributed by atoms with E-state index >= 15 is 0 Å². The molecule has 40 heavy (non-hydrogen) atoms. The lowest BCUT2D eigenvalue weighted by Gasteiger charge is -2.35. The summed E-state index contributed by atoms with van der Waals surface area (Å²) in [5.41, 5.74) is 2.06. The Morgan fingerprint density at radius 1 is 1.10 bits per heavy atom. The van der Waals surface area contributed by atoms with E-state index in [4.69, 9.17) is 4.74 Å². The van der Waals surface area contributed by atoms with Crippen LogP contribution in [0.1, 0.15) is 49.9 Å². The minimum absolute atomic E-state index is 0.0428. The summed E-state index contributed by atoms with van der Waals surface area (Å²) in [6, 6.07) is 19.0. The van der Waals surface area contributed by atoms with E-state index in [2.05, 4.69) is 10.6 Å². The Bertz CT molecular complexity index is 1600. The Morgan fingerprint density at radius 2 is 1.82 bits per heavy atom. The normalized spacial score (nSPS) is 20.4. The third kappa shape index (κ3) is 4.93. The molecule has 3 aromatic carbocycles. The zero-order chi connectivity index (χ0) is 28.9. The number of anilines is 3. The largest absolute Gasteiger partial charge is 0.444 e. The summed E-state index contributed by atoms with van der Waals surface area (Å²) in [5, 5.41) is 15.8. The highest BCUT2D eigenvalue weighted by atomic mass is 32.2. The molecule has 0 saturated carbocycles. The fourth-order valence-electron chi connectivity index (χ4n) is 5.73. The van der Waals surface area contributed by atoms with E-state index in [1.54, 1.807) is 37.8 Å². The average Bonchev–Trinajstić information content (AvgIpc) is 3.42. The Labute approximate surface area is 234 Å². The fraction of sp³-hybridized carbons (Fsp3) is 0.333. The number of sulfone groups is 1. The zero-order valence-corrected chi connectivity index (χ0v) is 23.7. The van der Waals surface area contributed by atoms with Gasteiger partial charge in [0.25, 0.3) is 0 Å². The molecule has 0 aromatic heterocycles. The summed E-state index contributed by atoms with van der Waals surface area (Å²) in [5.74, 6) is -0.166. The van der Waals surface area contributed by atoms with Crippen molar-refractivity contribution in [2.45, 2.75) is 55.8 Å². The molecule has 9 nitrogen and oxygen atoms in total. The van der Waals surface area contributed by atoms with E-state index in [0.29, 0.717) is 29.9 Å². The highest BCUT2D eigenvalue weighted by Crippen LogP contribution is 2.55. The van der Waals surface area contributed by atoms with Crippen LogP contribution in [-0.2, 0) is 31.4 Å². The number of ether oxygens (including phenoxy) is 1. The van der Waals surface area contributed by atoms with Crippen LogP contribution in [0.4, 0.5) is 21.9 Å². The Morgan fingerprint density at radius 3 is 2.52 bits per heavy atom. The molecule has 2 atom stereocenters. The van der Waals surface area contributed by atoms with Crippen LogP contribution in [0, 0.1) is 0 Å². The van der Waals surface area contributed by atoms with Crippen molar-refractivity contribution in [1.82, 2.24) is 4.90 Å². The summed E-state index contributed by atoms with van der Waals surface area (Å²) in [6.07, 6.45) is 1.03. The molecule has 0 aliphatic carbocycles. The molecule has 3 aromatic rings. The van der Waals surface area contributed by atoms with E-state index < -0.39 is 39.6 Å². The number of hydrogen-bond acceptors (Lipinski definition) is 7. The van der Waals surface area contributed by atoms with Gasteiger partial charge in [-0.3, -0.25) is 9.69 Å². The van der Waals surface area contributed by atoms with Gasteiger partial charge in [0.05, 0.1) is 17.5 Å². The molecule has 2 amide bonds. The number of amides is 2. The first kappa shape index (κ1) is 27.7. The lowest BCUT2D eigenvalue weighted by Crippen LogP contribution is -2.44. The smallest absolute Gasteiger partial charge is 0.410 e. The van der Waals surface area contributed by atoms with Crippen molar-refractivity contribution in [3.05, 3.63) is 83.4 Å². The van der Waals surface area contributed by atoms with Gasteiger partial charge in [-0.25, -0.2) is 13.2 Å². The van der Waals surface area contributed by atoms with Gasteiger partial charge in [-0.05, 0) is 74.2 Å². The first-order valence-electron chi connectivity index (χ1n) is 13.0. The van der Waals surface area contributed by atoms with E-state index in [9.17, 15) is 23.1 Å². The first-order valence-corrected chi connectivity index (χ1v) is 14.9. The number of carbonyl (C=O) groups is 2. The number of benzene rings is 3. The minimum Gasteiger partial charge on any atom is -0.444 e. The number of nitrogens with one attached hydrogen (secondary N) is 2. The van der Waals surface area contributed by atoms with Crippen molar-refractivity contribution >= 4 is 38.9 Å². The van der Waals surface area contributed by atoms with Crippen molar-refractivity contribution in [3.8, 4) is 0 Å². The molecule has 0 radical (unpaired) electrons. The van der Waals surface area contributed by atoms with Gasteiger partial charge in [0, 0.05) is 29.9 Å². The van der Waals surface area contributed by atoms with Crippen LogP contribution in [-0.4, -0.2) is 48.8 Å². The highest BCUT2D eigenvalue weighted by molar-refractivity contribution is 7.90. The fourth-order valence-corrected chi connectivity index (χ4v) is 6.68. The van der Waals surface area contributed by atoms with Gasteiger partial charge in [0.15, 0.2) is 9.84 Å². The van der Waals surface area contributed by atoms with E-state index in [-0.39, 0.29) is 10.8 Å². The topological polar surface area (TPSA) is 125 Å². The second kappa shape index (κ2) is 9.94. The molecule has 5 rings (SSSR count). The summed E-state index contributed by atoms with van der Waals surface area (Å²) in [4.78, 5) is 28.8. The Hall–Kier alpha value is -3.89. The van der Waals surface area contributed by atoms with Crippen LogP contribution in [0.2, 0.25) is 0 Å². The van der Waals surface area contributed by atoms with Crippen LogP contribution >= 0.6 is 0 Å². The van der Waals surface area contributed by atoms with E-state index in [0.717, 1.165) is 23.1 Å². The molecule has 210 valence electrons. The van der Waals surface area contributed by atoms with Crippen LogP contribution in [0.25, 0.3) is 0 Å². The molecular weight excluding hydrogens is 530 g/mol. The Kier molecular flexibility index (Phi) is 6.87. The third-order valence-electron chi connectivity index (χ3n) is 7.34. The van der Waals surface area contributed by atoms with Gasteiger partial charge >= 0.3 is 6.09 Å². The number of fused-ring (bicyclic) bond motifs is 2. The monoisotopic (exact) mass is 563 g/mol. The van der Waals surface area contributed by atoms with Gasteiger partial charge in [-0.1, -0.05) is 36.4 Å². The molecule has 10 heteroatoms. The summed E-state index contributed by atoms with van der Waals surface area (Å²) < 4.78 is 30.3. The lowest BCUT2D eigenvalue weighted by molar-refractivity contribution is -0.121. The second-order valence-corrected chi connectivity index (χ2v) is 13.3. The summed E-state index contributed by atoms with van der Waals surface area (Å²) in [6.45, 7) is 5.35. The maximum atomic E-state index is 13.7. The zero-order valence-electron chi connectivity index (χ0n) is 22.9. The number of nitrogens with zero attached hydrogens (tertiary/aromatic N) is 1. The predicted molar refractivity (Wildman–Crippen MR) is 152 cm³/mol. The van der Waals surface area contributed by atoms with Gasteiger partial charge in [-0.2, -0.15) is 0 Å². The third-order valence-corrected chi connectivity index (χ3v) is 8.52. The van der Waals surface area contributed by atoms with Gasteiger partial charge in [0.1, 0.15) is 11.0 Å². The lowest BCUT2D eigenvalue weighted by atomic mass is 9.72. The van der Waals surface area contributed by atoms with E-state index in [1.807, 2.05) is 48.5 Å². The number of para-hydroxylation sites is 1. The molecule has 1 saturated heterocycles. The number of carbonyl (C=O) groups excluding carboxylic acids is 2. The summed E-state index contributed by atoms with van der Waals surface area (Å²) in [7, 11) is -3.57. The van der Waals surface area contributed by atoms with Crippen molar-refractivity contribution < 1.29 is 27.9 Å². The van der Waals surface area contributed by atoms with Gasteiger partial charge in [0.2, 0.25) is 5.91 Å². The number of aliphatic hydroxyl groups excluding tert-OH is 1. The maximum Gasteiger partial charge on any atom is 0.410 e. The van der Waals surface area contributed by atoms with Crippen molar-refractivity contribution in [3.63, 3.8) is 0 Å². The number of aliphatic hydroxyl groups is 1. The van der Waals surface area contributed by atoms with Crippen LogP contribution < -0.4 is 10.6 Å². The van der Waals surface area contributed by atoms with Crippen LogP contribution in [0.3, 0.4) is 0 Å². The van der Waals surface area contributed by atoms with Gasteiger partial charge in [-0.15, -0.1) is 0 Å². The molecule has 0 bridgehead atoms. The minimum atomic E-state index is -3.57.